The Morgan fingerprint density at radius 1 is 1.47 bits per heavy atom. The third-order valence-corrected chi connectivity index (χ3v) is 2.48. The minimum absolute atomic E-state index is 0.706. The van der Waals surface area contributed by atoms with Gasteiger partial charge in [-0.25, -0.2) is 4.98 Å². The van der Waals surface area contributed by atoms with E-state index >= 15 is 0 Å². The van der Waals surface area contributed by atoms with Crippen molar-refractivity contribution < 1.29 is 4.74 Å². The molecule has 2 rings (SSSR count). The monoisotopic (exact) mass is 232 g/mol. The molecule has 17 heavy (non-hydrogen) atoms. The van der Waals surface area contributed by atoms with Gasteiger partial charge in [0.05, 0.1) is 18.5 Å². The number of hydrogen-bond acceptors (Lipinski definition) is 4. The molecule has 90 valence electrons. The Bertz CT molecular complexity index is 507. The van der Waals surface area contributed by atoms with E-state index in [1.54, 1.807) is 18.0 Å². The van der Waals surface area contributed by atoms with Crippen molar-refractivity contribution in [3.8, 4) is 5.75 Å². The number of rotatable bonds is 4. The van der Waals surface area contributed by atoms with Crippen LogP contribution in [0.2, 0.25) is 0 Å². The molecular weight excluding hydrogens is 216 g/mol. The number of hydrogen-bond donors (Lipinski definition) is 1. The SMILES string of the molecule is CCc1nn(C)cc1Nc1ncccc1OC. The summed E-state index contributed by atoms with van der Waals surface area (Å²) in [4.78, 5) is 4.26. The molecule has 0 amide bonds. The molecule has 0 atom stereocenters. The first kappa shape index (κ1) is 11.4. The van der Waals surface area contributed by atoms with E-state index in [0.29, 0.717) is 5.82 Å². The summed E-state index contributed by atoms with van der Waals surface area (Å²) in [5.74, 6) is 1.43. The van der Waals surface area contributed by atoms with Gasteiger partial charge in [0.2, 0.25) is 0 Å². The molecule has 0 fully saturated rings. The average Bonchev–Trinajstić information content (AvgIpc) is 2.70. The second kappa shape index (κ2) is 4.86. The number of anilines is 2. The second-order valence-corrected chi connectivity index (χ2v) is 3.70. The fourth-order valence-corrected chi connectivity index (χ4v) is 1.68. The van der Waals surface area contributed by atoms with Crippen LogP contribution in [0.3, 0.4) is 0 Å². The van der Waals surface area contributed by atoms with Crippen LogP contribution in [0.4, 0.5) is 11.5 Å². The largest absolute Gasteiger partial charge is 0.493 e. The Hall–Kier alpha value is -2.04. The highest BCUT2D eigenvalue weighted by Crippen LogP contribution is 2.26. The van der Waals surface area contributed by atoms with Crippen molar-refractivity contribution in [3.05, 3.63) is 30.2 Å². The molecule has 5 nitrogen and oxygen atoms in total. The van der Waals surface area contributed by atoms with Gasteiger partial charge in [-0.15, -0.1) is 0 Å². The van der Waals surface area contributed by atoms with Gasteiger partial charge < -0.3 is 10.1 Å². The molecule has 0 saturated carbocycles. The molecular formula is C12H16N4O. The van der Waals surface area contributed by atoms with Crippen LogP contribution < -0.4 is 10.1 Å². The van der Waals surface area contributed by atoms with E-state index in [-0.39, 0.29) is 0 Å². The molecule has 0 aromatic carbocycles. The predicted molar refractivity (Wildman–Crippen MR) is 66.7 cm³/mol. The van der Waals surface area contributed by atoms with Gasteiger partial charge in [-0.3, -0.25) is 4.68 Å². The van der Waals surface area contributed by atoms with E-state index in [9.17, 15) is 0 Å². The molecule has 2 heterocycles. The summed E-state index contributed by atoms with van der Waals surface area (Å²) >= 11 is 0. The van der Waals surface area contributed by atoms with Crippen LogP contribution in [0.25, 0.3) is 0 Å². The quantitative estimate of drug-likeness (QED) is 0.877. The molecule has 2 aromatic heterocycles. The molecule has 0 aliphatic carbocycles. The summed E-state index contributed by atoms with van der Waals surface area (Å²) < 4.78 is 7.03. The molecule has 0 aliphatic heterocycles. The molecule has 0 saturated heterocycles. The lowest BCUT2D eigenvalue weighted by Crippen LogP contribution is -1.98. The van der Waals surface area contributed by atoms with Gasteiger partial charge in [0.15, 0.2) is 11.6 Å². The molecule has 5 heteroatoms. The standard InChI is InChI=1S/C12H16N4O/c1-4-9-10(8-16(2)15-9)14-12-11(17-3)6-5-7-13-12/h5-8H,4H2,1-3H3,(H,13,14). The highest BCUT2D eigenvalue weighted by atomic mass is 16.5. The van der Waals surface area contributed by atoms with Gasteiger partial charge in [-0.05, 0) is 18.6 Å². The van der Waals surface area contributed by atoms with Crippen LogP contribution in [0.15, 0.2) is 24.5 Å². The maximum Gasteiger partial charge on any atom is 0.173 e. The fourth-order valence-electron chi connectivity index (χ4n) is 1.68. The zero-order valence-electron chi connectivity index (χ0n) is 10.3. The van der Waals surface area contributed by atoms with Crippen molar-refractivity contribution in [1.82, 2.24) is 14.8 Å². The molecule has 0 unspecified atom stereocenters. The third-order valence-electron chi connectivity index (χ3n) is 2.48. The van der Waals surface area contributed by atoms with E-state index in [2.05, 4.69) is 22.3 Å². The Morgan fingerprint density at radius 2 is 2.29 bits per heavy atom. The Morgan fingerprint density at radius 3 is 3.00 bits per heavy atom. The lowest BCUT2D eigenvalue weighted by molar-refractivity contribution is 0.415. The van der Waals surface area contributed by atoms with E-state index in [0.717, 1.165) is 23.6 Å². The fraction of sp³-hybridized carbons (Fsp3) is 0.333. The van der Waals surface area contributed by atoms with Gasteiger partial charge in [0, 0.05) is 19.4 Å². The second-order valence-electron chi connectivity index (χ2n) is 3.70. The smallest absolute Gasteiger partial charge is 0.173 e. The minimum Gasteiger partial charge on any atom is -0.493 e. The highest BCUT2D eigenvalue weighted by Gasteiger charge is 2.09. The molecule has 0 radical (unpaired) electrons. The van der Waals surface area contributed by atoms with Gasteiger partial charge in [0.1, 0.15) is 0 Å². The van der Waals surface area contributed by atoms with Crippen LogP contribution in [-0.2, 0) is 13.5 Å². The first-order valence-electron chi connectivity index (χ1n) is 5.53. The molecule has 1 N–H and O–H groups in total. The van der Waals surface area contributed by atoms with Gasteiger partial charge in [-0.1, -0.05) is 6.92 Å². The number of aryl methyl sites for hydroxylation is 2. The summed E-state index contributed by atoms with van der Waals surface area (Å²) in [7, 11) is 3.53. The summed E-state index contributed by atoms with van der Waals surface area (Å²) in [6.45, 7) is 2.07. The zero-order valence-corrected chi connectivity index (χ0v) is 10.3. The van der Waals surface area contributed by atoms with Crippen molar-refractivity contribution in [2.24, 2.45) is 7.05 Å². The van der Waals surface area contributed by atoms with Crippen LogP contribution in [0.1, 0.15) is 12.6 Å². The number of nitrogens with one attached hydrogen (secondary N) is 1. The van der Waals surface area contributed by atoms with E-state index in [1.807, 2.05) is 25.4 Å². The average molecular weight is 232 g/mol. The maximum atomic E-state index is 5.25. The third kappa shape index (κ3) is 2.38. The number of aromatic nitrogens is 3. The van der Waals surface area contributed by atoms with Crippen LogP contribution in [0.5, 0.6) is 5.75 Å². The normalized spacial score (nSPS) is 10.3. The van der Waals surface area contributed by atoms with E-state index < -0.39 is 0 Å². The van der Waals surface area contributed by atoms with Gasteiger partial charge in [-0.2, -0.15) is 5.10 Å². The van der Waals surface area contributed by atoms with Crippen molar-refractivity contribution >= 4 is 11.5 Å². The lowest BCUT2D eigenvalue weighted by Gasteiger charge is -2.08. The summed E-state index contributed by atoms with van der Waals surface area (Å²) in [5.41, 5.74) is 1.98. The predicted octanol–water partition coefficient (Wildman–Crippen LogP) is 2.13. The summed E-state index contributed by atoms with van der Waals surface area (Å²) in [6, 6.07) is 3.71. The van der Waals surface area contributed by atoms with Crippen LogP contribution in [0, 0.1) is 0 Å². The first-order chi connectivity index (χ1) is 8.24. The Balaban J connectivity index is 2.30. The van der Waals surface area contributed by atoms with Gasteiger partial charge >= 0.3 is 0 Å². The summed E-state index contributed by atoms with van der Waals surface area (Å²) in [6.07, 6.45) is 4.54. The molecule has 0 aliphatic rings. The van der Waals surface area contributed by atoms with Crippen molar-refractivity contribution in [1.29, 1.82) is 0 Å². The number of ether oxygens (including phenoxy) is 1. The van der Waals surface area contributed by atoms with Crippen molar-refractivity contribution in [3.63, 3.8) is 0 Å². The Labute approximate surface area is 100 Å². The maximum absolute atomic E-state index is 5.25. The first-order valence-corrected chi connectivity index (χ1v) is 5.53. The summed E-state index contributed by atoms with van der Waals surface area (Å²) in [5, 5.41) is 7.61. The number of methoxy groups -OCH3 is 1. The topological polar surface area (TPSA) is 52.0 Å². The van der Waals surface area contributed by atoms with Crippen LogP contribution in [-0.4, -0.2) is 21.9 Å². The lowest BCUT2D eigenvalue weighted by atomic mass is 10.3. The molecule has 2 aromatic rings. The highest BCUT2D eigenvalue weighted by molar-refractivity contribution is 5.63. The molecule has 0 bridgehead atoms. The van der Waals surface area contributed by atoms with Gasteiger partial charge in [0.25, 0.3) is 0 Å². The zero-order chi connectivity index (χ0) is 12.3. The van der Waals surface area contributed by atoms with Crippen LogP contribution >= 0.6 is 0 Å². The minimum atomic E-state index is 0.706. The Kier molecular flexibility index (Phi) is 3.27. The molecule has 0 spiro atoms. The van der Waals surface area contributed by atoms with Crippen molar-refractivity contribution in [2.45, 2.75) is 13.3 Å². The van der Waals surface area contributed by atoms with E-state index in [1.165, 1.54) is 0 Å². The van der Waals surface area contributed by atoms with E-state index in [4.69, 9.17) is 4.74 Å². The number of pyridine rings is 1. The number of nitrogens with zero attached hydrogens (tertiary/aromatic N) is 3. The van der Waals surface area contributed by atoms with Crippen molar-refractivity contribution in [2.75, 3.05) is 12.4 Å².